The van der Waals surface area contributed by atoms with Crippen molar-refractivity contribution >= 4 is 9.84 Å². The normalized spacial score (nSPS) is 12.7. The van der Waals surface area contributed by atoms with Gasteiger partial charge in [-0.15, -0.1) is 0 Å². The lowest BCUT2D eigenvalue weighted by Gasteiger charge is -2.09. The lowest BCUT2D eigenvalue weighted by atomic mass is 10.2. The molecule has 0 aliphatic heterocycles. The van der Waals surface area contributed by atoms with Crippen LogP contribution in [-0.2, 0) is 9.84 Å². The van der Waals surface area contributed by atoms with Crippen molar-refractivity contribution in [3.8, 4) is 0 Å². The van der Waals surface area contributed by atoms with Gasteiger partial charge >= 0.3 is 0 Å². The van der Waals surface area contributed by atoms with Crippen LogP contribution in [0.15, 0.2) is 0 Å². The van der Waals surface area contributed by atoms with Crippen molar-refractivity contribution in [2.75, 3.05) is 12.3 Å². The summed E-state index contributed by atoms with van der Waals surface area (Å²) in [5.41, 5.74) is 0. The van der Waals surface area contributed by atoms with E-state index in [2.05, 4.69) is 19.2 Å². The number of hydrogen-bond donors (Lipinski definition) is 1. The highest BCUT2D eigenvalue weighted by Gasteiger charge is 2.14. The third kappa shape index (κ3) is 7.79. The van der Waals surface area contributed by atoms with E-state index in [0.717, 1.165) is 25.8 Å². The van der Waals surface area contributed by atoms with E-state index in [0.29, 0.717) is 11.8 Å². The molecule has 0 atom stereocenters. The number of nitrogens with one attached hydrogen (secondary N) is 1. The van der Waals surface area contributed by atoms with Crippen molar-refractivity contribution in [1.82, 2.24) is 5.32 Å². The monoisotopic (exact) mass is 235 g/mol. The maximum absolute atomic E-state index is 11.5. The zero-order chi connectivity index (χ0) is 11.9. The molecule has 0 aliphatic rings. The Bertz CT molecular complexity index is 245. The van der Waals surface area contributed by atoms with Crippen LogP contribution >= 0.6 is 0 Å². The number of rotatable bonds is 8. The molecule has 15 heavy (non-hydrogen) atoms. The Morgan fingerprint density at radius 1 is 1.00 bits per heavy atom. The van der Waals surface area contributed by atoms with Crippen LogP contribution in [0.5, 0.6) is 0 Å². The van der Waals surface area contributed by atoms with Crippen molar-refractivity contribution in [2.24, 2.45) is 0 Å². The maximum atomic E-state index is 11.5. The summed E-state index contributed by atoms with van der Waals surface area (Å²) in [5.74, 6) is 0.340. The molecule has 0 heterocycles. The highest BCUT2D eigenvalue weighted by Crippen LogP contribution is 2.05. The first kappa shape index (κ1) is 14.9. The standard InChI is InChI=1S/C11H25NO2S/c1-10(2)12-8-6-5-7-9-15(13,14)11(3)4/h10-12H,5-9H2,1-4H3. The molecular formula is C11H25NO2S. The van der Waals surface area contributed by atoms with Gasteiger partial charge in [0.15, 0.2) is 9.84 Å². The molecule has 0 saturated heterocycles. The van der Waals surface area contributed by atoms with Gasteiger partial charge in [0.25, 0.3) is 0 Å². The topological polar surface area (TPSA) is 46.2 Å². The van der Waals surface area contributed by atoms with Gasteiger partial charge in [-0.2, -0.15) is 0 Å². The summed E-state index contributed by atoms with van der Waals surface area (Å²) in [4.78, 5) is 0. The summed E-state index contributed by atoms with van der Waals surface area (Å²) in [6, 6.07) is 0.518. The molecule has 4 heteroatoms. The average Bonchev–Trinajstić information content (AvgIpc) is 2.10. The summed E-state index contributed by atoms with van der Waals surface area (Å²) in [6.45, 7) is 8.71. The van der Waals surface area contributed by atoms with E-state index in [1.807, 2.05) is 0 Å². The Balaban J connectivity index is 3.47. The predicted molar refractivity (Wildman–Crippen MR) is 65.9 cm³/mol. The molecule has 0 aromatic rings. The molecule has 1 N–H and O–H groups in total. The van der Waals surface area contributed by atoms with E-state index in [-0.39, 0.29) is 5.25 Å². The van der Waals surface area contributed by atoms with Crippen LogP contribution in [0, 0.1) is 0 Å². The molecule has 0 aromatic carbocycles. The zero-order valence-electron chi connectivity index (χ0n) is 10.4. The third-order valence-electron chi connectivity index (χ3n) is 2.38. The van der Waals surface area contributed by atoms with Crippen molar-refractivity contribution in [3.63, 3.8) is 0 Å². The van der Waals surface area contributed by atoms with Gasteiger partial charge in [-0.3, -0.25) is 0 Å². The minimum absolute atomic E-state index is 0.230. The number of hydrogen-bond acceptors (Lipinski definition) is 3. The fourth-order valence-corrected chi connectivity index (χ4v) is 2.31. The molecule has 0 radical (unpaired) electrons. The Morgan fingerprint density at radius 3 is 2.07 bits per heavy atom. The van der Waals surface area contributed by atoms with Crippen LogP contribution in [0.4, 0.5) is 0 Å². The average molecular weight is 235 g/mol. The molecule has 0 aliphatic carbocycles. The summed E-state index contributed by atoms with van der Waals surface area (Å²) < 4.78 is 22.9. The lowest BCUT2D eigenvalue weighted by molar-refractivity contribution is 0.549. The summed E-state index contributed by atoms with van der Waals surface area (Å²) in [7, 11) is -2.82. The summed E-state index contributed by atoms with van der Waals surface area (Å²) in [6.07, 6.45) is 2.84. The van der Waals surface area contributed by atoms with Gasteiger partial charge in [-0.05, 0) is 33.2 Å². The molecule has 0 saturated carbocycles. The Kier molecular flexibility index (Phi) is 7.18. The lowest BCUT2D eigenvalue weighted by Crippen LogP contribution is -2.23. The first-order valence-electron chi connectivity index (χ1n) is 5.81. The molecule has 92 valence electrons. The number of sulfone groups is 1. The molecule has 0 rings (SSSR count). The van der Waals surface area contributed by atoms with Crippen molar-refractivity contribution in [1.29, 1.82) is 0 Å². The number of unbranched alkanes of at least 4 members (excludes halogenated alkanes) is 2. The molecule has 3 nitrogen and oxygen atoms in total. The van der Waals surface area contributed by atoms with E-state index in [9.17, 15) is 8.42 Å². The Labute approximate surface area is 94.6 Å². The van der Waals surface area contributed by atoms with Crippen LogP contribution in [0.2, 0.25) is 0 Å². The van der Waals surface area contributed by atoms with Crippen LogP contribution in [0.25, 0.3) is 0 Å². The summed E-state index contributed by atoms with van der Waals surface area (Å²) >= 11 is 0. The van der Waals surface area contributed by atoms with E-state index in [1.54, 1.807) is 13.8 Å². The van der Waals surface area contributed by atoms with E-state index in [4.69, 9.17) is 0 Å². The van der Waals surface area contributed by atoms with Crippen LogP contribution in [-0.4, -0.2) is 32.0 Å². The third-order valence-corrected chi connectivity index (χ3v) is 4.67. The van der Waals surface area contributed by atoms with Gasteiger partial charge in [-0.1, -0.05) is 20.3 Å². The fraction of sp³-hybridized carbons (Fsp3) is 1.00. The SMILES string of the molecule is CC(C)NCCCCCS(=O)(=O)C(C)C. The Hall–Kier alpha value is -0.0900. The van der Waals surface area contributed by atoms with Crippen LogP contribution in [0.1, 0.15) is 47.0 Å². The smallest absolute Gasteiger partial charge is 0.152 e. The molecular weight excluding hydrogens is 210 g/mol. The molecule has 0 amide bonds. The second-order valence-electron chi connectivity index (χ2n) is 4.59. The molecule has 0 fully saturated rings. The molecule has 0 unspecified atom stereocenters. The molecule has 0 aromatic heterocycles. The van der Waals surface area contributed by atoms with E-state index in [1.165, 1.54) is 0 Å². The van der Waals surface area contributed by atoms with Gasteiger partial charge in [0.05, 0.1) is 11.0 Å². The molecule has 0 spiro atoms. The maximum Gasteiger partial charge on any atom is 0.152 e. The minimum Gasteiger partial charge on any atom is -0.315 e. The largest absolute Gasteiger partial charge is 0.315 e. The van der Waals surface area contributed by atoms with Gasteiger partial charge in [0.1, 0.15) is 0 Å². The summed E-state index contributed by atoms with van der Waals surface area (Å²) in [5, 5.41) is 3.09. The fourth-order valence-electron chi connectivity index (χ4n) is 1.23. The van der Waals surface area contributed by atoms with Gasteiger partial charge in [-0.25, -0.2) is 8.42 Å². The predicted octanol–water partition coefficient (Wildman–Crippen LogP) is 1.98. The zero-order valence-corrected chi connectivity index (χ0v) is 11.2. The molecule has 0 bridgehead atoms. The second kappa shape index (κ2) is 7.23. The highest BCUT2D eigenvalue weighted by atomic mass is 32.2. The van der Waals surface area contributed by atoms with Crippen LogP contribution in [0.3, 0.4) is 0 Å². The highest BCUT2D eigenvalue weighted by molar-refractivity contribution is 7.91. The Morgan fingerprint density at radius 2 is 1.60 bits per heavy atom. The van der Waals surface area contributed by atoms with E-state index >= 15 is 0 Å². The quantitative estimate of drug-likeness (QED) is 0.654. The van der Waals surface area contributed by atoms with Crippen molar-refractivity contribution in [3.05, 3.63) is 0 Å². The van der Waals surface area contributed by atoms with Gasteiger partial charge in [0, 0.05) is 6.04 Å². The first-order chi connectivity index (χ1) is 6.86. The van der Waals surface area contributed by atoms with Crippen molar-refractivity contribution in [2.45, 2.75) is 58.2 Å². The van der Waals surface area contributed by atoms with Gasteiger partial charge in [0.2, 0.25) is 0 Å². The van der Waals surface area contributed by atoms with E-state index < -0.39 is 9.84 Å². The minimum atomic E-state index is -2.82. The van der Waals surface area contributed by atoms with Crippen molar-refractivity contribution < 1.29 is 8.42 Å². The van der Waals surface area contributed by atoms with Gasteiger partial charge < -0.3 is 5.32 Å². The van der Waals surface area contributed by atoms with Crippen LogP contribution < -0.4 is 5.32 Å². The second-order valence-corrected chi connectivity index (χ2v) is 7.26. The first-order valence-corrected chi connectivity index (χ1v) is 7.52.